The lowest BCUT2D eigenvalue weighted by atomic mass is 10.1. The van der Waals surface area contributed by atoms with Crippen molar-refractivity contribution >= 4 is 5.78 Å². The van der Waals surface area contributed by atoms with Crippen LogP contribution in [-0.2, 0) is 0 Å². The monoisotopic (exact) mass is 277 g/mol. The van der Waals surface area contributed by atoms with Gasteiger partial charge in [-0.2, -0.15) is 13.2 Å². The number of hydrogen-bond acceptors (Lipinski definition) is 2. The fourth-order valence-electron chi connectivity index (χ4n) is 1.71. The third kappa shape index (κ3) is 5.83. The van der Waals surface area contributed by atoms with Crippen molar-refractivity contribution in [1.29, 1.82) is 0 Å². The van der Waals surface area contributed by atoms with E-state index in [9.17, 15) is 22.4 Å². The van der Waals surface area contributed by atoms with Crippen LogP contribution in [0.1, 0.15) is 23.7 Å². The number of Topliss-reactive ketones (excluding diaryl/α,β-unsaturated/α-hetero) is 1. The van der Waals surface area contributed by atoms with Crippen LogP contribution < -0.4 is 0 Å². The largest absolute Gasteiger partial charge is 0.401 e. The van der Waals surface area contributed by atoms with Gasteiger partial charge in [0.2, 0.25) is 0 Å². The number of nitrogens with zero attached hydrogens (tertiary/aromatic N) is 1. The first-order valence-corrected chi connectivity index (χ1v) is 5.89. The van der Waals surface area contributed by atoms with Crippen LogP contribution in [0.4, 0.5) is 17.6 Å². The van der Waals surface area contributed by atoms with Crippen molar-refractivity contribution in [2.75, 3.05) is 19.6 Å². The fraction of sp³-hybridized carbons (Fsp3) is 0.462. The number of halogens is 4. The second-order valence-electron chi connectivity index (χ2n) is 4.26. The summed E-state index contributed by atoms with van der Waals surface area (Å²) in [5, 5.41) is 0. The molecule has 2 nitrogen and oxygen atoms in total. The average Bonchev–Trinajstić information content (AvgIpc) is 2.27. The van der Waals surface area contributed by atoms with Gasteiger partial charge < -0.3 is 0 Å². The topological polar surface area (TPSA) is 20.3 Å². The molecule has 0 amide bonds. The summed E-state index contributed by atoms with van der Waals surface area (Å²) in [6, 6.07) is 4.77. The molecule has 0 fully saturated rings. The molecule has 0 atom stereocenters. The van der Waals surface area contributed by atoms with Crippen molar-refractivity contribution in [3.05, 3.63) is 35.6 Å². The Balaban J connectivity index is 2.68. The first-order valence-electron chi connectivity index (χ1n) is 5.89. The van der Waals surface area contributed by atoms with E-state index in [1.807, 2.05) is 0 Å². The lowest BCUT2D eigenvalue weighted by molar-refractivity contribution is -0.144. The van der Waals surface area contributed by atoms with E-state index >= 15 is 0 Å². The van der Waals surface area contributed by atoms with Crippen molar-refractivity contribution < 1.29 is 22.4 Å². The number of carbonyl (C=O) groups excluding carboxylic acids is 1. The molecule has 0 aliphatic carbocycles. The Labute approximate surface area is 109 Å². The van der Waals surface area contributed by atoms with Gasteiger partial charge in [0.05, 0.1) is 13.1 Å². The minimum atomic E-state index is -4.34. The number of hydrogen-bond donors (Lipinski definition) is 0. The van der Waals surface area contributed by atoms with Crippen LogP contribution in [0.5, 0.6) is 0 Å². The lowest BCUT2D eigenvalue weighted by Crippen LogP contribution is -2.38. The highest BCUT2D eigenvalue weighted by Crippen LogP contribution is 2.17. The summed E-state index contributed by atoms with van der Waals surface area (Å²) in [4.78, 5) is 12.8. The highest BCUT2D eigenvalue weighted by molar-refractivity contribution is 5.97. The van der Waals surface area contributed by atoms with Crippen LogP contribution in [0.2, 0.25) is 0 Å². The molecular formula is C13H15F4NO. The van der Waals surface area contributed by atoms with Crippen molar-refractivity contribution in [1.82, 2.24) is 4.90 Å². The Kier molecular flexibility index (Phi) is 5.47. The molecule has 0 bridgehead atoms. The Morgan fingerprint density at radius 1 is 1.21 bits per heavy atom. The Morgan fingerprint density at radius 2 is 1.79 bits per heavy atom. The van der Waals surface area contributed by atoms with E-state index in [1.54, 1.807) is 6.92 Å². The molecule has 0 saturated carbocycles. The first kappa shape index (κ1) is 15.6. The molecule has 0 aliphatic rings. The molecule has 0 aromatic heterocycles. The molecule has 0 N–H and O–H groups in total. The second kappa shape index (κ2) is 6.65. The van der Waals surface area contributed by atoms with E-state index in [-0.39, 0.29) is 18.7 Å². The highest BCUT2D eigenvalue weighted by atomic mass is 19.4. The molecule has 0 unspecified atom stereocenters. The fourth-order valence-corrected chi connectivity index (χ4v) is 1.71. The highest BCUT2D eigenvalue weighted by Gasteiger charge is 2.31. The van der Waals surface area contributed by atoms with Gasteiger partial charge in [-0.1, -0.05) is 6.92 Å². The van der Waals surface area contributed by atoms with Crippen molar-refractivity contribution in [3.63, 3.8) is 0 Å². The van der Waals surface area contributed by atoms with Crippen LogP contribution in [0.15, 0.2) is 24.3 Å². The molecule has 0 saturated heterocycles. The summed E-state index contributed by atoms with van der Waals surface area (Å²) >= 11 is 0. The molecule has 0 spiro atoms. The standard InChI is InChI=1S/C13H15F4NO/c1-2-7-18(9-13(15,16)17)8-12(19)10-3-5-11(14)6-4-10/h3-6H,2,7-9H2,1H3. The SMILES string of the molecule is CCCN(CC(=O)c1ccc(F)cc1)CC(F)(F)F. The number of benzene rings is 1. The molecule has 1 aromatic rings. The molecule has 1 rings (SSSR count). The average molecular weight is 277 g/mol. The van der Waals surface area contributed by atoms with Gasteiger partial charge in [0.1, 0.15) is 5.82 Å². The minimum absolute atomic E-state index is 0.187. The molecular weight excluding hydrogens is 262 g/mol. The maximum Gasteiger partial charge on any atom is 0.401 e. The van der Waals surface area contributed by atoms with Gasteiger partial charge in [0, 0.05) is 5.56 Å². The van der Waals surface area contributed by atoms with Crippen LogP contribution in [0.3, 0.4) is 0 Å². The van der Waals surface area contributed by atoms with Gasteiger partial charge >= 0.3 is 6.18 Å². The summed E-state index contributed by atoms with van der Waals surface area (Å²) in [5.74, 6) is -0.935. The summed E-state index contributed by atoms with van der Waals surface area (Å²) in [5.41, 5.74) is 0.213. The molecule has 1 aromatic carbocycles. The van der Waals surface area contributed by atoms with Gasteiger partial charge in [-0.3, -0.25) is 9.69 Å². The van der Waals surface area contributed by atoms with Crippen molar-refractivity contribution in [2.45, 2.75) is 19.5 Å². The van der Waals surface area contributed by atoms with Crippen LogP contribution >= 0.6 is 0 Å². The predicted octanol–water partition coefficient (Wildman–Crippen LogP) is 3.28. The zero-order valence-electron chi connectivity index (χ0n) is 10.5. The van der Waals surface area contributed by atoms with Crippen LogP contribution in [0, 0.1) is 5.82 Å². The van der Waals surface area contributed by atoms with Gasteiger partial charge in [0.25, 0.3) is 0 Å². The third-order valence-electron chi connectivity index (χ3n) is 2.48. The smallest absolute Gasteiger partial charge is 0.293 e. The Bertz CT molecular complexity index is 414. The predicted molar refractivity (Wildman–Crippen MR) is 63.5 cm³/mol. The second-order valence-corrected chi connectivity index (χ2v) is 4.26. The van der Waals surface area contributed by atoms with Gasteiger partial charge in [-0.05, 0) is 37.2 Å². The van der Waals surface area contributed by atoms with E-state index in [4.69, 9.17) is 0 Å². The Morgan fingerprint density at radius 3 is 2.26 bits per heavy atom. The van der Waals surface area contributed by atoms with E-state index in [0.717, 1.165) is 17.0 Å². The van der Waals surface area contributed by atoms with Gasteiger partial charge in [-0.15, -0.1) is 0 Å². The summed E-state index contributed by atoms with van der Waals surface area (Å²) in [7, 11) is 0. The lowest BCUT2D eigenvalue weighted by Gasteiger charge is -2.22. The molecule has 0 radical (unpaired) electrons. The maximum atomic E-state index is 12.7. The molecule has 0 heterocycles. The molecule has 6 heteroatoms. The summed E-state index contributed by atoms with van der Waals surface area (Å²) < 4.78 is 49.7. The van der Waals surface area contributed by atoms with Crippen LogP contribution in [-0.4, -0.2) is 36.5 Å². The quantitative estimate of drug-likeness (QED) is 0.587. The zero-order chi connectivity index (χ0) is 14.5. The first-order chi connectivity index (χ1) is 8.81. The number of ketones is 1. The normalized spacial score (nSPS) is 11.9. The Hall–Kier alpha value is -1.43. The third-order valence-corrected chi connectivity index (χ3v) is 2.48. The van der Waals surface area contributed by atoms with Crippen LogP contribution in [0.25, 0.3) is 0 Å². The van der Waals surface area contributed by atoms with E-state index in [1.165, 1.54) is 12.1 Å². The molecule has 0 aliphatic heterocycles. The minimum Gasteiger partial charge on any atom is -0.293 e. The van der Waals surface area contributed by atoms with E-state index in [0.29, 0.717) is 6.42 Å². The van der Waals surface area contributed by atoms with E-state index in [2.05, 4.69) is 0 Å². The van der Waals surface area contributed by atoms with Gasteiger partial charge in [-0.25, -0.2) is 4.39 Å². The van der Waals surface area contributed by atoms with Crippen molar-refractivity contribution in [2.24, 2.45) is 0 Å². The molecule has 106 valence electrons. The molecule has 19 heavy (non-hydrogen) atoms. The summed E-state index contributed by atoms with van der Waals surface area (Å²) in [6.07, 6.45) is -3.81. The van der Waals surface area contributed by atoms with Crippen molar-refractivity contribution in [3.8, 4) is 0 Å². The van der Waals surface area contributed by atoms with Gasteiger partial charge in [0.15, 0.2) is 5.78 Å². The number of alkyl halides is 3. The van der Waals surface area contributed by atoms with E-state index < -0.39 is 24.3 Å². The summed E-state index contributed by atoms with van der Waals surface area (Å²) in [6.45, 7) is 0.491. The maximum absolute atomic E-state index is 12.7. The zero-order valence-corrected chi connectivity index (χ0v) is 10.5. The number of carbonyl (C=O) groups is 1. The number of rotatable bonds is 6.